The van der Waals surface area contributed by atoms with Gasteiger partial charge in [0.1, 0.15) is 0 Å². The molecule has 90 valence electrons. The molecule has 0 spiro atoms. The van der Waals surface area contributed by atoms with Crippen molar-refractivity contribution in [1.82, 2.24) is 4.98 Å². The van der Waals surface area contributed by atoms with Crippen molar-refractivity contribution in [3.8, 4) is 0 Å². The fourth-order valence-electron chi connectivity index (χ4n) is 2.49. The fraction of sp³-hybridized carbons (Fsp3) is 0. The highest BCUT2D eigenvalue weighted by atomic mass is 15.3. The quantitative estimate of drug-likeness (QED) is 0.770. The number of nitrogens with zero attached hydrogens (tertiary/aromatic N) is 2. The Labute approximate surface area is 110 Å². The van der Waals surface area contributed by atoms with Gasteiger partial charge in [0.15, 0.2) is 0 Å². The van der Waals surface area contributed by atoms with Crippen LogP contribution in [0.2, 0.25) is 0 Å². The number of rotatable bonds is 0. The van der Waals surface area contributed by atoms with Crippen molar-refractivity contribution in [3.05, 3.63) is 59.3 Å². The molecule has 0 unspecified atom stereocenters. The molecule has 0 amide bonds. The highest BCUT2D eigenvalue weighted by Crippen LogP contribution is 2.34. The van der Waals surface area contributed by atoms with Crippen LogP contribution in [-0.4, -0.2) is 11.2 Å². The highest BCUT2D eigenvalue weighted by molar-refractivity contribution is 6.09. The first kappa shape index (κ1) is 10.3. The molecule has 3 heteroatoms. The van der Waals surface area contributed by atoms with E-state index in [9.17, 15) is 0 Å². The molecule has 2 aromatic rings. The lowest BCUT2D eigenvalue weighted by atomic mass is 10.00. The van der Waals surface area contributed by atoms with Gasteiger partial charge in [-0.3, -0.25) is 5.43 Å². The molecule has 2 heterocycles. The predicted molar refractivity (Wildman–Crippen MR) is 80.2 cm³/mol. The van der Waals surface area contributed by atoms with Crippen LogP contribution in [0.5, 0.6) is 0 Å². The van der Waals surface area contributed by atoms with E-state index in [1.807, 2.05) is 48.7 Å². The summed E-state index contributed by atoms with van der Waals surface area (Å²) < 4.78 is 0. The van der Waals surface area contributed by atoms with E-state index in [0.717, 1.165) is 33.4 Å². The van der Waals surface area contributed by atoms with Gasteiger partial charge in [0.25, 0.3) is 0 Å². The van der Waals surface area contributed by atoms with E-state index in [1.54, 1.807) is 0 Å². The number of nitrogens with one attached hydrogen (secondary N) is 1. The summed E-state index contributed by atoms with van der Waals surface area (Å²) in [6.45, 7) is 0. The van der Waals surface area contributed by atoms with Crippen molar-refractivity contribution < 1.29 is 0 Å². The number of pyridine rings is 1. The van der Waals surface area contributed by atoms with E-state index in [0.29, 0.717) is 0 Å². The fourth-order valence-corrected chi connectivity index (χ4v) is 2.49. The summed E-state index contributed by atoms with van der Waals surface area (Å²) in [6, 6.07) is 6.11. The van der Waals surface area contributed by atoms with Crippen LogP contribution in [-0.2, 0) is 0 Å². The lowest BCUT2D eigenvalue weighted by Gasteiger charge is -2.17. The average Bonchev–Trinajstić information content (AvgIpc) is 2.41. The molecule has 3 nitrogen and oxygen atoms in total. The van der Waals surface area contributed by atoms with Crippen LogP contribution in [0, 0.1) is 0 Å². The van der Waals surface area contributed by atoms with Gasteiger partial charge in [-0.25, -0.2) is 4.98 Å². The van der Waals surface area contributed by atoms with Gasteiger partial charge in [-0.05, 0) is 12.1 Å². The summed E-state index contributed by atoms with van der Waals surface area (Å²) in [4.78, 5) is 4.75. The smallest absolute Gasteiger partial charge is 0.0756 e. The van der Waals surface area contributed by atoms with Crippen molar-refractivity contribution in [2.45, 2.75) is 0 Å². The average molecular weight is 245 g/mol. The molecule has 4 rings (SSSR count). The van der Waals surface area contributed by atoms with Crippen LogP contribution in [0.3, 0.4) is 0 Å². The van der Waals surface area contributed by atoms with E-state index < -0.39 is 0 Å². The summed E-state index contributed by atoms with van der Waals surface area (Å²) in [7, 11) is 0. The molecule has 0 saturated heterocycles. The Morgan fingerprint density at radius 3 is 2.79 bits per heavy atom. The van der Waals surface area contributed by atoms with Gasteiger partial charge in [0.05, 0.1) is 23.1 Å². The van der Waals surface area contributed by atoms with Gasteiger partial charge >= 0.3 is 0 Å². The Balaban J connectivity index is 2.16. The van der Waals surface area contributed by atoms with Gasteiger partial charge < -0.3 is 0 Å². The van der Waals surface area contributed by atoms with Crippen molar-refractivity contribution in [2.75, 3.05) is 5.43 Å². The number of benzene rings is 1. The lowest BCUT2D eigenvalue weighted by Crippen LogP contribution is -2.05. The number of aromatic nitrogens is 1. The number of hydrazone groups is 1. The third kappa shape index (κ3) is 1.52. The van der Waals surface area contributed by atoms with Crippen LogP contribution in [0.15, 0.2) is 47.6 Å². The molecule has 0 saturated carbocycles. The standard InChI is InChI=1S/C16H11N3/c1-2-4-8-13-12(7-3-1)16-15-11(10-17-19-16)6-5-9-14(15)18-13/h1-10,19H/b2-1-,3-1?,4-2?,7-3?,8-4-,12-7?,13-8?. The van der Waals surface area contributed by atoms with E-state index >= 15 is 0 Å². The topological polar surface area (TPSA) is 37.3 Å². The Hall–Kier alpha value is -2.68. The first-order chi connectivity index (χ1) is 9.43. The van der Waals surface area contributed by atoms with Gasteiger partial charge in [0.2, 0.25) is 0 Å². The zero-order valence-corrected chi connectivity index (χ0v) is 10.2. The largest absolute Gasteiger partial charge is 0.277 e. The van der Waals surface area contributed by atoms with Crippen molar-refractivity contribution in [1.29, 1.82) is 0 Å². The molecule has 0 fully saturated rings. The van der Waals surface area contributed by atoms with E-state index in [1.165, 1.54) is 0 Å². The molecular formula is C16H11N3. The zero-order chi connectivity index (χ0) is 12.7. The first-order valence-corrected chi connectivity index (χ1v) is 6.21. The summed E-state index contributed by atoms with van der Waals surface area (Å²) >= 11 is 0. The summed E-state index contributed by atoms with van der Waals surface area (Å²) in [5, 5.41) is 5.36. The molecular weight excluding hydrogens is 234 g/mol. The maximum absolute atomic E-state index is 4.75. The van der Waals surface area contributed by atoms with Crippen LogP contribution < -0.4 is 5.43 Å². The van der Waals surface area contributed by atoms with E-state index in [2.05, 4.69) is 22.7 Å². The number of fused-ring (bicyclic) bond motifs is 2. The first-order valence-electron chi connectivity index (χ1n) is 6.21. The Morgan fingerprint density at radius 1 is 0.947 bits per heavy atom. The number of anilines is 1. The normalized spacial score (nSPS) is 18.3. The minimum absolute atomic E-state index is 0.963. The van der Waals surface area contributed by atoms with Crippen molar-refractivity contribution in [2.24, 2.45) is 5.10 Å². The maximum atomic E-state index is 4.75. The molecule has 0 atom stereocenters. The van der Waals surface area contributed by atoms with Crippen LogP contribution in [0.4, 0.5) is 5.69 Å². The predicted octanol–water partition coefficient (Wildman–Crippen LogP) is 3.59. The Bertz CT molecular complexity index is 795. The third-order valence-corrected chi connectivity index (χ3v) is 3.34. The van der Waals surface area contributed by atoms with Gasteiger partial charge in [-0.2, -0.15) is 5.10 Å². The molecule has 1 aromatic carbocycles. The molecule has 0 bridgehead atoms. The Morgan fingerprint density at radius 2 is 1.84 bits per heavy atom. The van der Waals surface area contributed by atoms with Crippen LogP contribution in [0.25, 0.3) is 23.1 Å². The second-order valence-corrected chi connectivity index (χ2v) is 4.50. The molecule has 1 N–H and O–H groups in total. The van der Waals surface area contributed by atoms with E-state index in [-0.39, 0.29) is 0 Å². The van der Waals surface area contributed by atoms with Crippen molar-refractivity contribution in [3.63, 3.8) is 0 Å². The summed E-state index contributed by atoms with van der Waals surface area (Å²) in [5.74, 6) is 0. The lowest BCUT2D eigenvalue weighted by molar-refractivity contribution is 1.29. The van der Waals surface area contributed by atoms with Gasteiger partial charge in [0, 0.05) is 16.5 Å². The second-order valence-electron chi connectivity index (χ2n) is 4.50. The second kappa shape index (κ2) is 3.92. The molecule has 0 radical (unpaired) electrons. The number of hydrogen-bond acceptors (Lipinski definition) is 3. The number of allylic oxidation sites excluding steroid dienone is 4. The monoisotopic (exact) mass is 245 g/mol. The highest BCUT2D eigenvalue weighted by Gasteiger charge is 2.16. The van der Waals surface area contributed by atoms with Crippen LogP contribution >= 0.6 is 0 Å². The van der Waals surface area contributed by atoms with Crippen LogP contribution in [0.1, 0.15) is 16.8 Å². The Kier molecular flexibility index (Phi) is 2.12. The van der Waals surface area contributed by atoms with E-state index in [4.69, 9.17) is 4.98 Å². The van der Waals surface area contributed by atoms with Gasteiger partial charge in [-0.1, -0.05) is 42.5 Å². The summed E-state index contributed by atoms with van der Waals surface area (Å²) in [6.07, 6.45) is 14.0. The minimum atomic E-state index is 0.963. The van der Waals surface area contributed by atoms with Crippen molar-refractivity contribution >= 4 is 35.0 Å². The maximum Gasteiger partial charge on any atom is 0.0756 e. The molecule has 1 aliphatic heterocycles. The molecule has 19 heavy (non-hydrogen) atoms. The third-order valence-electron chi connectivity index (χ3n) is 3.34. The SMILES string of the molecule is C1=Cc2c(nc3cccc4c3c2NN=C4)/C=C\C=C/1. The summed E-state index contributed by atoms with van der Waals surface area (Å²) in [5.41, 5.74) is 8.30. The molecule has 1 aromatic heterocycles. The van der Waals surface area contributed by atoms with Gasteiger partial charge in [-0.15, -0.1) is 0 Å². The molecule has 1 aliphatic carbocycles. The number of hydrogen-bond donors (Lipinski definition) is 1. The molecule has 2 aliphatic rings. The zero-order valence-electron chi connectivity index (χ0n) is 10.2. The minimum Gasteiger partial charge on any atom is -0.277 e.